The van der Waals surface area contributed by atoms with Crippen LogP contribution in [0.1, 0.15) is 265 Å². The van der Waals surface area contributed by atoms with Crippen molar-refractivity contribution in [3.63, 3.8) is 0 Å². The molecule has 0 fully saturated rings. The molecule has 0 N–H and O–H groups in total. The van der Waals surface area contributed by atoms with Gasteiger partial charge in [-0.3, -0.25) is 14.4 Å². The predicted molar refractivity (Wildman–Crippen MR) is 243 cm³/mol. The van der Waals surface area contributed by atoms with E-state index in [-0.39, 0.29) is 31.1 Å². The smallest absolute Gasteiger partial charge is 0.306 e. The molecule has 0 amide bonds. The Kier molecular flexibility index (Phi) is 44.9. The van der Waals surface area contributed by atoms with Crippen molar-refractivity contribution in [1.29, 1.82) is 0 Å². The molecular formula is C51H94O6. The van der Waals surface area contributed by atoms with Crippen molar-refractivity contribution in [3.05, 3.63) is 24.3 Å². The normalized spacial score (nSPS) is 12.1. The van der Waals surface area contributed by atoms with Gasteiger partial charge >= 0.3 is 17.9 Å². The van der Waals surface area contributed by atoms with Crippen LogP contribution < -0.4 is 0 Å². The van der Waals surface area contributed by atoms with E-state index in [9.17, 15) is 14.4 Å². The third-order valence-corrected chi connectivity index (χ3v) is 10.9. The Bertz CT molecular complexity index is 927. The lowest BCUT2D eigenvalue weighted by Gasteiger charge is -2.18. The van der Waals surface area contributed by atoms with Crippen LogP contribution in [0.25, 0.3) is 0 Å². The van der Waals surface area contributed by atoms with Crippen LogP contribution in [-0.2, 0) is 28.6 Å². The van der Waals surface area contributed by atoms with E-state index in [4.69, 9.17) is 14.2 Å². The van der Waals surface area contributed by atoms with Gasteiger partial charge in [-0.2, -0.15) is 0 Å². The molecule has 6 nitrogen and oxygen atoms in total. The Morgan fingerprint density at radius 3 is 0.930 bits per heavy atom. The van der Waals surface area contributed by atoms with Crippen molar-refractivity contribution in [2.75, 3.05) is 13.2 Å². The zero-order valence-electron chi connectivity index (χ0n) is 38.1. The van der Waals surface area contributed by atoms with Gasteiger partial charge in [0, 0.05) is 19.3 Å². The van der Waals surface area contributed by atoms with Gasteiger partial charge in [0.25, 0.3) is 0 Å². The van der Waals surface area contributed by atoms with Crippen molar-refractivity contribution in [2.24, 2.45) is 0 Å². The highest BCUT2D eigenvalue weighted by atomic mass is 16.6. The van der Waals surface area contributed by atoms with E-state index >= 15 is 0 Å². The van der Waals surface area contributed by atoms with Crippen LogP contribution in [0.2, 0.25) is 0 Å². The minimum atomic E-state index is -0.767. The quantitative estimate of drug-likeness (QED) is 0.0264. The van der Waals surface area contributed by atoms with E-state index in [1.807, 2.05) is 0 Å². The third kappa shape index (κ3) is 44.8. The van der Waals surface area contributed by atoms with E-state index in [0.29, 0.717) is 19.3 Å². The lowest BCUT2D eigenvalue weighted by molar-refractivity contribution is -0.167. The zero-order valence-corrected chi connectivity index (χ0v) is 38.1. The van der Waals surface area contributed by atoms with Crippen molar-refractivity contribution < 1.29 is 28.6 Å². The highest BCUT2D eigenvalue weighted by Crippen LogP contribution is 2.15. The molecule has 0 rings (SSSR count). The number of unbranched alkanes of at least 4 members (excludes halogenated alkanes) is 30. The summed E-state index contributed by atoms with van der Waals surface area (Å²) in [6.45, 7) is 6.52. The van der Waals surface area contributed by atoms with Gasteiger partial charge in [0.1, 0.15) is 13.2 Å². The second-order valence-corrected chi connectivity index (χ2v) is 16.7. The van der Waals surface area contributed by atoms with Crippen LogP contribution in [0.4, 0.5) is 0 Å². The molecule has 57 heavy (non-hydrogen) atoms. The number of allylic oxidation sites excluding steroid dienone is 4. The van der Waals surface area contributed by atoms with E-state index in [2.05, 4.69) is 45.1 Å². The molecule has 0 aromatic heterocycles. The van der Waals surface area contributed by atoms with Gasteiger partial charge in [-0.25, -0.2) is 0 Å². The molecule has 0 aromatic carbocycles. The molecule has 0 radical (unpaired) electrons. The number of esters is 3. The van der Waals surface area contributed by atoms with Gasteiger partial charge in [-0.15, -0.1) is 0 Å². The number of hydrogen-bond donors (Lipinski definition) is 0. The molecule has 0 aliphatic rings. The molecule has 0 aliphatic heterocycles. The largest absolute Gasteiger partial charge is 0.462 e. The number of hydrogen-bond acceptors (Lipinski definition) is 6. The second kappa shape index (κ2) is 46.6. The van der Waals surface area contributed by atoms with E-state index in [1.54, 1.807) is 0 Å². The van der Waals surface area contributed by atoms with Gasteiger partial charge in [0.2, 0.25) is 0 Å². The molecule has 0 aromatic rings. The fourth-order valence-corrected chi connectivity index (χ4v) is 7.12. The minimum Gasteiger partial charge on any atom is -0.462 e. The molecular weight excluding hydrogens is 709 g/mol. The second-order valence-electron chi connectivity index (χ2n) is 16.7. The van der Waals surface area contributed by atoms with E-state index in [1.165, 1.54) is 148 Å². The number of carbonyl (C=O) groups is 3. The summed E-state index contributed by atoms with van der Waals surface area (Å²) in [7, 11) is 0. The molecule has 334 valence electrons. The highest BCUT2D eigenvalue weighted by molar-refractivity contribution is 5.71. The van der Waals surface area contributed by atoms with E-state index in [0.717, 1.165) is 77.0 Å². The highest BCUT2D eigenvalue weighted by Gasteiger charge is 2.19. The van der Waals surface area contributed by atoms with Gasteiger partial charge in [-0.05, 0) is 64.2 Å². The maximum Gasteiger partial charge on any atom is 0.306 e. The molecule has 1 unspecified atom stereocenters. The fraction of sp³-hybridized carbons (Fsp3) is 0.863. The Balaban J connectivity index is 4.04. The van der Waals surface area contributed by atoms with Crippen LogP contribution in [-0.4, -0.2) is 37.2 Å². The average Bonchev–Trinajstić information content (AvgIpc) is 3.21. The monoisotopic (exact) mass is 803 g/mol. The van der Waals surface area contributed by atoms with Crippen molar-refractivity contribution in [2.45, 2.75) is 271 Å². The van der Waals surface area contributed by atoms with Crippen molar-refractivity contribution >= 4 is 17.9 Å². The average molecular weight is 803 g/mol. The van der Waals surface area contributed by atoms with E-state index < -0.39 is 6.10 Å². The molecule has 0 saturated carbocycles. The lowest BCUT2D eigenvalue weighted by Crippen LogP contribution is -2.30. The van der Waals surface area contributed by atoms with Crippen molar-refractivity contribution in [3.8, 4) is 0 Å². The molecule has 0 heterocycles. The first kappa shape index (κ1) is 54.9. The predicted octanol–water partition coefficient (Wildman–Crippen LogP) is 16.0. The third-order valence-electron chi connectivity index (χ3n) is 10.9. The summed E-state index contributed by atoms with van der Waals surface area (Å²) < 4.78 is 16.6. The summed E-state index contributed by atoms with van der Waals surface area (Å²) >= 11 is 0. The van der Waals surface area contributed by atoms with Crippen LogP contribution in [0, 0.1) is 0 Å². The maximum absolute atomic E-state index is 12.6. The Morgan fingerprint density at radius 1 is 0.333 bits per heavy atom. The zero-order chi connectivity index (χ0) is 41.5. The van der Waals surface area contributed by atoms with Crippen LogP contribution in [0.3, 0.4) is 0 Å². The summed E-state index contributed by atoms with van der Waals surface area (Å²) in [5.74, 6) is -0.892. The van der Waals surface area contributed by atoms with Crippen LogP contribution in [0.15, 0.2) is 24.3 Å². The maximum atomic E-state index is 12.6. The first-order valence-electron chi connectivity index (χ1n) is 24.8. The topological polar surface area (TPSA) is 78.9 Å². The summed E-state index contributed by atoms with van der Waals surface area (Å²) in [5, 5.41) is 0. The standard InChI is InChI=1S/C51H94O6/c1-4-7-10-13-15-17-19-20-21-22-23-24-25-26-27-28-29-30-32-33-35-38-41-44-50(53)56-47-48(46-55-49(52)43-40-37-12-9-6-3)57-51(54)45-42-39-36-34-31-18-16-14-11-8-5-2/h14,16,22-23,48H,4-13,15,17-21,24-47H2,1-3H3/b16-14-,23-22-. The number of rotatable bonds is 45. The number of ether oxygens (including phenoxy) is 3. The van der Waals surface area contributed by atoms with Gasteiger partial charge in [-0.1, -0.05) is 206 Å². The summed E-state index contributed by atoms with van der Waals surface area (Å²) in [6, 6.07) is 0. The molecule has 0 bridgehead atoms. The summed E-state index contributed by atoms with van der Waals surface area (Å²) in [6.07, 6.45) is 52.1. The Labute approximate surface area is 353 Å². The van der Waals surface area contributed by atoms with Crippen molar-refractivity contribution in [1.82, 2.24) is 0 Å². The molecule has 0 spiro atoms. The first-order chi connectivity index (χ1) is 28.0. The van der Waals surface area contributed by atoms with Crippen LogP contribution >= 0.6 is 0 Å². The summed E-state index contributed by atoms with van der Waals surface area (Å²) in [4.78, 5) is 37.5. The molecule has 0 saturated heterocycles. The molecule has 6 heteroatoms. The minimum absolute atomic E-state index is 0.0732. The molecule has 1 atom stereocenters. The Morgan fingerprint density at radius 2 is 0.596 bits per heavy atom. The SMILES string of the molecule is CCCC/C=C\CCCCCCCC(=O)OC(COC(=O)CCCCCCC)COC(=O)CCCCCCCCCCCCC/C=C\CCCCCCCCCC. The van der Waals surface area contributed by atoms with Gasteiger partial charge in [0.15, 0.2) is 6.10 Å². The Hall–Kier alpha value is -2.11. The first-order valence-corrected chi connectivity index (χ1v) is 24.8. The van der Waals surface area contributed by atoms with Gasteiger partial charge in [0.05, 0.1) is 0 Å². The molecule has 0 aliphatic carbocycles. The number of carbonyl (C=O) groups excluding carboxylic acids is 3. The van der Waals surface area contributed by atoms with Gasteiger partial charge < -0.3 is 14.2 Å². The summed E-state index contributed by atoms with van der Waals surface area (Å²) in [5.41, 5.74) is 0. The van der Waals surface area contributed by atoms with Crippen LogP contribution in [0.5, 0.6) is 0 Å². The lowest BCUT2D eigenvalue weighted by atomic mass is 10.0. The fourth-order valence-electron chi connectivity index (χ4n) is 7.12.